The Morgan fingerprint density at radius 1 is 1.43 bits per heavy atom. The van der Waals surface area contributed by atoms with Crippen LogP contribution in [0.4, 0.5) is 4.39 Å². The van der Waals surface area contributed by atoms with Crippen LogP contribution in [0.3, 0.4) is 0 Å². The molecule has 1 aliphatic carbocycles. The van der Waals surface area contributed by atoms with E-state index in [0.29, 0.717) is 0 Å². The zero-order chi connectivity index (χ0) is 10.1. The molecular formula is C11H11FN2. The molecule has 0 heterocycles. The maximum atomic E-state index is 13.2. The topological polar surface area (TPSA) is 49.8 Å². The molecule has 1 atom stereocenters. The van der Waals surface area contributed by atoms with Gasteiger partial charge in [-0.3, -0.25) is 0 Å². The molecule has 0 bridgehead atoms. The zero-order valence-corrected chi connectivity index (χ0v) is 7.76. The van der Waals surface area contributed by atoms with Gasteiger partial charge in [-0.2, -0.15) is 5.26 Å². The Hall–Kier alpha value is -1.40. The summed E-state index contributed by atoms with van der Waals surface area (Å²) >= 11 is 0. The summed E-state index contributed by atoms with van der Waals surface area (Å²) in [6.45, 7) is 0. The van der Waals surface area contributed by atoms with Crippen molar-refractivity contribution < 1.29 is 4.39 Å². The Labute approximate surface area is 82.1 Å². The minimum Gasteiger partial charge on any atom is -0.327 e. The first-order chi connectivity index (χ1) is 6.70. The van der Waals surface area contributed by atoms with Crippen LogP contribution in [0.1, 0.15) is 23.1 Å². The van der Waals surface area contributed by atoms with Crippen molar-refractivity contribution in [3.8, 4) is 6.07 Å². The van der Waals surface area contributed by atoms with Crippen molar-refractivity contribution in [2.75, 3.05) is 0 Å². The van der Waals surface area contributed by atoms with Crippen molar-refractivity contribution in [1.29, 1.82) is 5.26 Å². The maximum Gasteiger partial charge on any atom is 0.141 e. The van der Waals surface area contributed by atoms with Gasteiger partial charge in [0.1, 0.15) is 11.9 Å². The monoisotopic (exact) mass is 190 g/mol. The third-order valence-corrected chi connectivity index (χ3v) is 2.68. The number of nitrogens with two attached hydrogens (primary N) is 1. The highest BCUT2D eigenvalue weighted by molar-refractivity contribution is 5.41. The summed E-state index contributed by atoms with van der Waals surface area (Å²) in [6, 6.07) is 5.10. The van der Waals surface area contributed by atoms with Gasteiger partial charge in [0.15, 0.2) is 0 Å². The lowest BCUT2D eigenvalue weighted by molar-refractivity contribution is 0.565. The van der Waals surface area contributed by atoms with E-state index in [1.165, 1.54) is 6.07 Å². The molecule has 0 saturated heterocycles. The molecule has 0 amide bonds. The third kappa shape index (κ3) is 1.49. The lowest BCUT2D eigenvalue weighted by Gasteiger charge is -2.21. The summed E-state index contributed by atoms with van der Waals surface area (Å²) in [7, 11) is 0. The van der Waals surface area contributed by atoms with Gasteiger partial charge in [-0.05, 0) is 42.5 Å². The van der Waals surface area contributed by atoms with Crippen LogP contribution in [0, 0.1) is 17.1 Å². The Morgan fingerprint density at radius 2 is 2.21 bits per heavy atom. The largest absolute Gasteiger partial charge is 0.327 e. The van der Waals surface area contributed by atoms with Gasteiger partial charge in [0.05, 0.1) is 5.56 Å². The van der Waals surface area contributed by atoms with Crippen LogP contribution in [0.2, 0.25) is 0 Å². The van der Waals surface area contributed by atoms with Crippen LogP contribution >= 0.6 is 0 Å². The fourth-order valence-electron chi connectivity index (χ4n) is 1.89. The van der Waals surface area contributed by atoms with Gasteiger partial charge in [-0.25, -0.2) is 4.39 Å². The summed E-state index contributed by atoms with van der Waals surface area (Å²) < 4.78 is 13.2. The Morgan fingerprint density at radius 3 is 2.93 bits per heavy atom. The number of halogens is 1. The van der Waals surface area contributed by atoms with Crippen molar-refractivity contribution in [1.82, 2.24) is 0 Å². The van der Waals surface area contributed by atoms with Crippen LogP contribution in [0.5, 0.6) is 0 Å². The van der Waals surface area contributed by atoms with Crippen LogP contribution in [-0.4, -0.2) is 6.04 Å². The first-order valence-corrected chi connectivity index (χ1v) is 4.67. The summed E-state index contributed by atoms with van der Waals surface area (Å²) in [6.07, 6.45) is 2.47. The smallest absolute Gasteiger partial charge is 0.141 e. The predicted molar refractivity (Wildman–Crippen MR) is 51.1 cm³/mol. The van der Waals surface area contributed by atoms with Crippen molar-refractivity contribution >= 4 is 0 Å². The second-order valence-corrected chi connectivity index (χ2v) is 3.72. The molecule has 0 saturated carbocycles. The maximum absolute atomic E-state index is 13.2. The van der Waals surface area contributed by atoms with Crippen molar-refractivity contribution in [3.63, 3.8) is 0 Å². The van der Waals surface area contributed by atoms with Gasteiger partial charge < -0.3 is 5.73 Å². The summed E-state index contributed by atoms with van der Waals surface area (Å²) in [5.74, 6) is -0.415. The molecule has 2 nitrogen and oxygen atoms in total. The van der Waals surface area contributed by atoms with Gasteiger partial charge in [0, 0.05) is 6.04 Å². The third-order valence-electron chi connectivity index (χ3n) is 2.68. The summed E-state index contributed by atoms with van der Waals surface area (Å²) in [4.78, 5) is 0. The molecular weight excluding hydrogens is 179 g/mol. The van der Waals surface area contributed by atoms with Gasteiger partial charge in [-0.15, -0.1) is 0 Å². The first kappa shape index (κ1) is 9.17. The molecule has 0 aromatic heterocycles. The van der Waals surface area contributed by atoms with E-state index in [0.717, 1.165) is 30.4 Å². The molecule has 0 radical (unpaired) electrons. The second-order valence-electron chi connectivity index (χ2n) is 3.72. The minimum atomic E-state index is -0.415. The molecule has 0 fully saturated rings. The molecule has 1 aliphatic rings. The van der Waals surface area contributed by atoms with E-state index in [2.05, 4.69) is 0 Å². The average molecular weight is 190 g/mol. The van der Waals surface area contributed by atoms with E-state index >= 15 is 0 Å². The highest BCUT2D eigenvalue weighted by atomic mass is 19.1. The van der Waals surface area contributed by atoms with E-state index < -0.39 is 5.82 Å². The highest BCUT2D eigenvalue weighted by Crippen LogP contribution is 2.23. The fraction of sp³-hybridized carbons (Fsp3) is 0.364. The number of hydrogen-bond donors (Lipinski definition) is 1. The molecule has 1 aromatic carbocycles. The van der Waals surface area contributed by atoms with Crippen molar-refractivity contribution in [3.05, 3.63) is 34.6 Å². The van der Waals surface area contributed by atoms with Crippen LogP contribution < -0.4 is 5.73 Å². The number of nitriles is 1. The van der Waals surface area contributed by atoms with Gasteiger partial charge in [0.2, 0.25) is 0 Å². The number of benzene rings is 1. The summed E-state index contributed by atoms with van der Waals surface area (Å²) in [5.41, 5.74) is 7.96. The average Bonchev–Trinajstić information content (AvgIpc) is 2.17. The van der Waals surface area contributed by atoms with E-state index in [9.17, 15) is 4.39 Å². The number of hydrogen-bond acceptors (Lipinski definition) is 2. The second kappa shape index (κ2) is 3.39. The van der Waals surface area contributed by atoms with E-state index in [1.807, 2.05) is 6.07 Å². The lowest BCUT2D eigenvalue weighted by atomic mass is 9.87. The van der Waals surface area contributed by atoms with Gasteiger partial charge in [0.25, 0.3) is 0 Å². The van der Waals surface area contributed by atoms with Gasteiger partial charge >= 0.3 is 0 Å². The molecule has 14 heavy (non-hydrogen) atoms. The molecule has 3 heteroatoms. The highest BCUT2D eigenvalue weighted by Gasteiger charge is 2.17. The number of nitrogens with zero attached hydrogens (tertiary/aromatic N) is 1. The first-order valence-electron chi connectivity index (χ1n) is 4.67. The standard InChI is InChI=1S/C11H11FN2/c12-11-5-7-1-2-10(14)4-8(7)3-9(11)6-13/h3,5,10H,1-2,4,14H2/t10-/m1/s1. The van der Waals surface area contributed by atoms with Gasteiger partial charge in [-0.1, -0.05) is 0 Å². The Bertz CT molecular complexity index is 406. The zero-order valence-electron chi connectivity index (χ0n) is 7.76. The van der Waals surface area contributed by atoms with Crippen LogP contribution in [-0.2, 0) is 12.8 Å². The molecule has 0 unspecified atom stereocenters. The van der Waals surface area contributed by atoms with Crippen LogP contribution in [0.15, 0.2) is 12.1 Å². The Kier molecular flexibility index (Phi) is 2.22. The van der Waals surface area contributed by atoms with E-state index in [1.54, 1.807) is 6.07 Å². The number of aryl methyl sites for hydroxylation is 1. The quantitative estimate of drug-likeness (QED) is 0.674. The normalized spacial score (nSPS) is 19.9. The minimum absolute atomic E-state index is 0.123. The Balaban J connectivity index is 2.47. The van der Waals surface area contributed by atoms with E-state index in [4.69, 9.17) is 11.0 Å². The molecule has 2 rings (SSSR count). The molecule has 1 aromatic rings. The van der Waals surface area contributed by atoms with Crippen molar-refractivity contribution in [2.24, 2.45) is 5.73 Å². The fourth-order valence-corrected chi connectivity index (χ4v) is 1.89. The molecule has 72 valence electrons. The van der Waals surface area contributed by atoms with Crippen LogP contribution in [0.25, 0.3) is 0 Å². The molecule has 0 aliphatic heterocycles. The predicted octanol–water partition coefficient (Wildman–Crippen LogP) is 1.51. The molecule has 0 spiro atoms. The van der Waals surface area contributed by atoms with Crippen molar-refractivity contribution in [2.45, 2.75) is 25.3 Å². The number of fused-ring (bicyclic) bond motifs is 1. The van der Waals surface area contributed by atoms with E-state index in [-0.39, 0.29) is 11.6 Å². The molecule has 2 N–H and O–H groups in total. The SMILES string of the molecule is N#Cc1cc2c(cc1F)CC[C@@H](N)C2. The number of rotatable bonds is 0. The lowest BCUT2D eigenvalue weighted by Crippen LogP contribution is -2.28. The summed E-state index contributed by atoms with van der Waals surface area (Å²) in [5, 5.41) is 8.66.